The Morgan fingerprint density at radius 3 is 2.28 bits per heavy atom. The number of hydrogen-bond donors (Lipinski definition) is 1. The molecule has 0 bridgehead atoms. The lowest BCUT2D eigenvalue weighted by Crippen LogP contribution is -2.51. The number of carbonyl (C=O) groups excluding carboxylic acids is 2. The third-order valence-corrected chi connectivity index (χ3v) is 8.45. The number of anilines is 1. The Labute approximate surface area is 238 Å². The molecule has 0 unspecified atom stereocenters. The number of sulfonamides is 1. The lowest BCUT2D eigenvalue weighted by atomic mass is 10.1. The summed E-state index contributed by atoms with van der Waals surface area (Å²) in [6, 6.07) is 16.3. The number of amides is 2. The first-order chi connectivity index (χ1) is 18.5. The molecule has 3 aromatic rings. The molecular formula is C28H30Cl2FN3O4S. The van der Waals surface area contributed by atoms with Crippen molar-refractivity contribution in [1.29, 1.82) is 0 Å². The molecule has 0 heterocycles. The fourth-order valence-corrected chi connectivity index (χ4v) is 5.69. The van der Waals surface area contributed by atoms with Crippen molar-refractivity contribution >= 4 is 50.7 Å². The van der Waals surface area contributed by atoms with Crippen LogP contribution >= 0.6 is 23.2 Å². The Hall–Kier alpha value is -3.14. The van der Waals surface area contributed by atoms with E-state index >= 15 is 0 Å². The highest BCUT2D eigenvalue weighted by Gasteiger charge is 2.32. The zero-order valence-electron chi connectivity index (χ0n) is 21.6. The monoisotopic (exact) mass is 593 g/mol. The van der Waals surface area contributed by atoms with Crippen molar-refractivity contribution < 1.29 is 22.4 Å². The summed E-state index contributed by atoms with van der Waals surface area (Å²) in [6.45, 7) is 3.34. The van der Waals surface area contributed by atoms with Crippen molar-refractivity contribution in [2.75, 3.05) is 17.4 Å². The molecule has 0 spiro atoms. The Kier molecular flexibility index (Phi) is 10.7. The van der Waals surface area contributed by atoms with E-state index < -0.39 is 34.3 Å². The average molecular weight is 595 g/mol. The highest BCUT2D eigenvalue weighted by molar-refractivity contribution is 7.92. The second kappa shape index (κ2) is 13.8. The van der Waals surface area contributed by atoms with Gasteiger partial charge in [-0.25, -0.2) is 12.8 Å². The summed E-state index contributed by atoms with van der Waals surface area (Å²) in [5, 5.41) is 3.53. The predicted molar refractivity (Wildman–Crippen MR) is 152 cm³/mol. The third kappa shape index (κ3) is 7.94. The second-order valence-electron chi connectivity index (χ2n) is 8.88. The molecule has 0 saturated heterocycles. The van der Waals surface area contributed by atoms with Gasteiger partial charge in [0.15, 0.2) is 0 Å². The highest BCUT2D eigenvalue weighted by Crippen LogP contribution is 2.26. The molecule has 3 rings (SSSR count). The molecule has 0 fully saturated rings. The molecular weight excluding hydrogens is 564 g/mol. The minimum absolute atomic E-state index is 0.0591. The van der Waals surface area contributed by atoms with Gasteiger partial charge in [-0.2, -0.15) is 0 Å². The summed E-state index contributed by atoms with van der Waals surface area (Å²) in [7, 11) is -4.27. The zero-order valence-corrected chi connectivity index (χ0v) is 23.9. The Morgan fingerprint density at radius 1 is 1.00 bits per heavy atom. The van der Waals surface area contributed by atoms with Crippen molar-refractivity contribution in [3.05, 3.63) is 94.2 Å². The fourth-order valence-electron chi connectivity index (χ4n) is 3.81. The molecule has 3 aromatic carbocycles. The summed E-state index contributed by atoms with van der Waals surface area (Å²) in [4.78, 5) is 27.9. The van der Waals surface area contributed by atoms with Gasteiger partial charge in [-0.15, -0.1) is 0 Å². The predicted octanol–water partition coefficient (Wildman–Crippen LogP) is 5.66. The van der Waals surface area contributed by atoms with Gasteiger partial charge >= 0.3 is 0 Å². The van der Waals surface area contributed by atoms with E-state index in [-0.39, 0.29) is 23.0 Å². The first kappa shape index (κ1) is 30.4. The number of benzene rings is 3. The Bertz CT molecular complexity index is 1390. The van der Waals surface area contributed by atoms with Gasteiger partial charge in [0.25, 0.3) is 10.0 Å². The summed E-state index contributed by atoms with van der Waals surface area (Å²) < 4.78 is 41.8. The standard InChI is InChI=1S/C28H30Cl2FN3O4S/c1-3-4-16-32-28(36)20(2)33(18-21-10-11-22(29)17-26(21)30)27(35)19-34(24-8-6-5-7-9-24)39(37,38)25-14-12-23(31)13-15-25/h5-15,17,20H,3-4,16,18-19H2,1-2H3,(H,32,36)/t20-/m1/s1. The number of hydrogen-bond acceptors (Lipinski definition) is 4. The largest absolute Gasteiger partial charge is 0.354 e. The Morgan fingerprint density at radius 2 is 1.67 bits per heavy atom. The zero-order chi connectivity index (χ0) is 28.6. The summed E-state index contributed by atoms with van der Waals surface area (Å²) >= 11 is 12.4. The minimum atomic E-state index is -4.27. The normalized spacial score (nSPS) is 12.0. The number of carbonyl (C=O) groups is 2. The number of para-hydroxylation sites is 1. The van der Waals surface area contributed by atoms with Crippen molar-refractivity contribution in [1.82, 2.24) is 10.2 Å². The second-order valence-corrected chi connectivity index (χ2v) is 11.6. The maximum Gasteiger partial charge on any atom is 0.264 e. The smallest absolute Gasteiger partial charge is 0.264 e. The van der Waals surface area contributed by atoms with E-state index in [1.807, 2.05) is 6.92 Å². The van der Waals surface area contributed by atoms with Crippen molar-refractivity contribution in [3.8, 4) is 0 Å². The van der Waals surface area contributed by atoms with Crippen LogP contribution in [0.25, 0.3) is 0 Å². The number of unbranched alkanes of at least 4 members (excludes halogenated alkanes) is 1. The van der Waals surface area contributed by atoms with Crippen LogP contribution in [0, 0.1) is 5.82 Å². The van der Waals surface area contributed by atoms with E-state index in [9.17, 15) is 22.4 Å². The minimum Gasteiger partial charge on any atom is -0.354 e. The van der Waals surface area contributed by atoms with Crippen LogP contribution in [0.15, 0.2) is 77.7 Å². The number of nitrogens with one attached hydrogen (secondary N) is 1. The molecule has 0 saturated carbocycles. The van der Waals surface area contributed by atoms with Gasteiger partial charge in [0.05, 0.1) is 10.6 Å². The molecule has 0 aliphatic carbocycles. The molecule has 0 aliphatic heterocycles. The number of nitrogens with zero attached hydrogens (tertiary/aromatic N) is 2. The van der Waals surface area contributed by atoms with E-state index in [1.54, 1.807) is 49.4 Å². The maximum absolute atomic E-state index is 13.8. The van der Waals surface area contributed by atoms with Crippen LogP contribution in [-0.2, 0) is 26.2 Å². The molecule has 2 amide bonds. The third-order valence-electron chi connectivity index (χ3n) is 6.08. The van der Waals surface area contributed by atoms with Crippen LogP contribution < -0.4 is 9.62 Å². The van der Waals surface area contributed by atoms with Crippen LogP contribution in [0.4, 0.5) is 10.1 Å². The lowest BCUT2D eigenvalue weighted by molar-refractivity contribution is -0.139. The summed E-state index contributed by atoms with van der Waals surface area (Å²) in [5.74, 6) is -1.60. The quantitative estimate of drug-likeness (QED) is 0.274. The molecule has 208 valence electrons. The molecule has 1 N–H and O–H groups in total. The average Bonchev–Trinajstić information content (AvgIpc) is 2.91. The topological polar surface area (TPSA) is 86.8 Å². The van der Waals surface area contributed by atoms with Crippen molar-refractivity contribution in [2.24, 2.45) is 0 Å². The van der Waals surface area contributed by atoms with Crippen LogP contribution in [0.5, 0.6) is 0 Å². The lowest BCUT2D eigenvalue weighted by Gasteiger charge is -2.32. The van der Waals surface area contributed by atoms with E-state index in [2.05, 4.69) is 5.32 Å². The van der Waals surface area contributed by atoms with E-state index in [1.165, 1.54) is 11.0 Å². The molecule has 11 heteroatoms. The molecule has 1 atom stereocenters. The molecule has 0 aliphatic rings. The highest BCUT2D eigenvalue weighted by atomic mass is 35.5. The van der Waals surface area contributed by atoms with Crippen LogP contribution in [0.1, 0.15) is 32.3 Å². The van der Waals surface area contributed by atoms with E-state index in [4.69, 9.17) is 23.2 Å². The van der Waals surface area contributed by atoms with E-state index in [0.29, 0.717) is 22.2 Å². The van der Waals surface area contributed by atoms with E-state index in [0.717, 1.165) is 41.4 Å². The summed E-state index contributed by atoms with van der Waals surface area (Å²) in [5.41, 5.74) is 0.773. The first-order valence-electron chi connectivity index (χ1n) is 12.4. The molecule has 39 heavy (non-hydrogen) atoms. The maximum atomic E-state index is 13.8. The van der Waals surface area contributed by atoms with Crippen LogP contribution in [0.2, 0.25) is 10.0 Å². The molecule has 0 radical (unpaired) electrons. The van der Waals surface area contributed by atoms with Gasteiger partial charge in [-0.3, -0.25) is 13.9 Å². The summed E-state index contributed by atoms with van der Waals surface area (Å²) in [6.07, 6.45) is 1.65. The molecule has 7 nitrogen and oxygen atoms in total. The number of rotatable bonds is 12. The van der Waals surface area contributed by atoms with Crippen molar-refractivity contribution in [2.45, 2.75) is 44.2 Å². The first-order valence-corrected chi connectivity index (χ1v) is 14.6. The van der Waals surface area contributed by atoms with Gasteiger partial charge in [0.1, 0.15) is 18.4 Å². The van der Waals surface area contributed by atoms with Crippen molar-refractivity contribution in [3.63, 3.8) is 0 Å². The van der Waals surface area contributed by atoms with Gasteiger partial charge in [-0.1, -0.05) is 60.8 Å². The molecule has 0 aromatic heterocycles. The van der Waals surface area contributed by atoms with Gasteiger partial charge < -0.3 is 10.2 Å². The van der Waals surface area contributed by atoms with Crippen LogP contribution in [0.3, 0.4) is 0 Å². The van der Waals surface area contributed by atoms with Crippen LogP contribution in [-0.4, -0.2) is 44.3 Å². The van der Waals surface area contributed by atoms with Gasteiger partial charge in [0, 0.05) is 23.1 Å². The SMILES string of the molecule is CCCCNC(=O)[C@@H](C)N(Cc1ccc(Cl)cc1Cl)C(=O)CN(c1ccccc1)S(=O)(=O)c1ccc(F)cc1. The van der Waals surface area contributed by atoms with Gasteiger partial charge in [0.2, 0.25) is 11.8 Å². The number of halogens is 3. The fraction of sp³-hybridized carbons (Fsp3) is 0.286. The Balaban J connectivity index is 1.99. The van der Waals surface area contributed by atoms with Gasteiger partial charge in [-0.05, 0) is 67.4 Å².